The lowest BCUT2D eigenvalue weighted by Gasteiger charge is -2.41. The number of hydrogen-bond acceptors (Lipinski definition) is 10. The van der Waals surface area contributed by atoms with Gasteiger partial charge in [-0.2, -0.15) is 0 Å². The fraction of sp³-hybridized carbons (Fsp3) is 0.611. The zero-order valence-corrected chi connectivity index (χ0v) is 17.6. The van der Waals surface area contributed by atoms with Crippen molar-refractivity contribution in [2.75, 3.05) is 13.2 Å². The summed E-state index contributed by atoms with van der Waals surface area (Å²) in [5, 5.41) is 3.39. The van der Waals surface area contributed by atoms with Crippen molar-refractivity contribution in [3.05, 3.63) is 18.2 Å². The van der Waals surface area contributed by atoms with Gasteiger partial charge in [-0.25, -0.2) is 4.98 Å². The first-order valence-corrected chi connectivity index (χ1v) is 10.3. The molecule has 1 aromatic rings. The van der Waals surface area contributed by atoms with E-state index in [0.29, 0.717) is 18.1 Å². The van der Waals surface area contributed by atoms with Crippen molar-refractivity contribution in [1.82, 2.24) is 15.3 Å². The van der Waals surface area contributed by atoms with Gasteiger partial charge in [0, 0.05) is 45.6 Å². The number of aliphatic imine (C=N–C) groups is 1. The summed E-state index contributed by atoms with van der Waals surface area (Å²) in [5.41, 5.74) is 0.963. The first-order valence-electron chi connectivity index (χ1n) is 9.41. The van der Waals surface area contributed by atoms with Gasteiger partial charge in [0.2, 0.25) is 0 Å². The van der Waals surface area contributed by atoms with E-state index in [4.69, 9.17) is 18.9 Å². The molecule has 0 aliphatic carbocycles. The Hall–Kier alpha value is -2.60. The Labute approximate surface area is 177 Å². The summed E-state index contributed by atoms with van der Waals surface area (Å²) in [5.74, 6) is -1.58. The van der Waals surface area contributed by atoms with Crippen molar-refractivity contribution in [3.63, 3.8) is 0 Å². The van der Waals surface area contributed by atoms with E-state index in [-0.39, 0.29) is 6.61 Å². The van der Waals surface area contributed by atoms with Gasteiger partial charge in [-0.05, 0) is 0 Å². The molecule has 2 N–H and O–H groups in total. The number of fused-ring (bicyclic) bond motifs is 1. The molecule has 30 heavy (non-hydrogen) atoms. The van der Waals surface area contributed by atoms with Crippen LogP contribution < -0.4 is 5.32 Å². The van der Waals surface area contributed by atoms with Crippen LogP contribution in [-0.4, -0.2) is 76.0 Å². The summed E-state index contributed by atoms with van der Waals surface area (Å²) in [6.45, 7) is 4.17. The fourth-order valence-corrected chi connectivity index (χ4v) is 4.43. The van der Waals surface area contributed by atoms with E-state index in [1.807, 2.05) is 0 Å². The minimum absolute atomic E-state index is 0.146. The molecular formula is C18H24N4O7S. The van der Waals surface area contributed by atoms with Crippen LogP contribution in [0.3, 0.4) is 0 Å². The number of carbonyl (C=O) groups is 3. The maximum Gasteiger partial charge on any atom is 0.303 e. The minimum atomic E-state index is -0.925. The van der Waals surface area contributed by atoms with E-state index in [9.17, 15) is 14.4 Å². The highest BCUT2D eigenvalue weighted by Gasteiger charge is 2.53. The Kier molecular flexibility index (Phi) is 7.32. The molecule has 0 bridgehead atoms. The number of esters is 3. The quantitative estimate of drug-likeness (QED) is 0.445. The largest absolute Gasteiger partial charge is 0.463 e. The number of imidazole rings is 1. The number of carbonyl (C=O) groups excluding carboxylic acids is 3. The fourth-order valence-electron chi connectivity index (χ4n) is 3.22. The third-order valence-corrected chi connectivity index (χ3v) is 5.65. The molecule has 0 unspecified atom stereocenters. The van der Waals surface area contributed by atoms with E-state index in [2.05, 4.69) is 20.3 Å². The van der Waals surface area contributed by atoms with Crippen molar-refractivity contribution >= 4 is 34.8 Å². The molecule has 5 atom stereocenters. The molecule has 12 heteroatoms. The Balaban J connectivity index is 1.75. The zero-order chi connectivity index (χ0) is 21.7. The first-order chi connectivity index (χ1) is 14.3. The zero-order valence-electron chi connectivity index (χ0n) is 16.8. The van der Waals surface area contributed by atoms with Gasteiger partial charge in [-0.15, -0.1) is 0 Å². The number of H-pyrrole nitrogens is 1. The predicted octanol–water partition coefficient (Wildman–Crippen LogP) is 0.165. The minimum Gasteiger partial charge on any atom is -0.463 e. The molecule has 3 heterocycles. The van der Waals surface area contributed by atoms with Gasteiger partial charge in [0.05, 0.1) is 11.6 Å². The lowest BCUT2D eigenvalue weighted by Crippen LogP contribution is -2.61. The van der Waals surface area contributed by atoms with E-state index < -0.39 is 47.7 Å². The SMILES string of the molecule is CC(=O)OC[C@H]1O[C@@H]2NC(=NCCc3cnc[nH]3)S[C@@H]2[C@@H](OC(C)=O)[C@@H]1OC(C)=O. The van der Waals surface area contributed by atoms with Gasteiger partial charge >= 0.3 is 17.9 Å². The van der Waals surface area contributed by atoms with Crippen LogP contribution in [0.1, 0.15) is 26.5 Å². The van der Waals surface area contributed by atoms with Gasteiger partial charge in [-0.1, -0.05) is 11.8 Å². The van der Waals surface area contributed by atoms with Crippen LogP contribution in [0.15, 0.2) is 17.5 Å². The number of aromatic nitrogens is 2. The highest BCUT2D eigenvalue weighted by Crippen LogP contribution is 2.37. The Bertz CT molecular complexity index is 800. The summed E-state index contributed by atoms with van der Waals surface area (Å²) >= 11 is 1.35. The smallest absolute Gasteiger partial charge is 0.303 e. The molecule has 2 aliphatic rings. The molecule has 164 valence electrons. The van der Waals surface area contributed by atoms with Gasteiger partial charge in [0.1, 0.15) is 18.9 Å². The summed E-state index contributed by atoms with van der Waals surface area (Å²) in [4.78, 5) is 46.2. The van der Waals surface area contributed by atoms with Crippen LogP contribution in [0.5, 0.6) is 0 Å². The normalized spacial score (nSPS) is 29.0. The number of nitrogens with zero attached hydrogens (tertiary/aromatic N) is 2. The summed E-state index contributed by atoms with van der Waals surface area (Å²) in [6, 6.07) is 0. The van der Waals surface area contributed by atoms with Crippen molar-refractivity contribution in [2.45, 2.75) is 57.0 Å². The third kappa shape index (κ3) is 5.72. The summed E-state index contributed by atoms with van der Waals surface area (Å²) in [7, 11) is 0. The number of amidine groups is 1. The highest BCUT2D eigenvalue weighted by molar-refractivity contribution is 8.14. The topological polar surface area (TPSA) is 141 Å². The average Bonchev–Trinajstić information content (AvgIpc) is 3.31. The van der Waals surface area contributed by atoms with Crippen LogP contribution in [0, 0.1) is 0 Å². The van der Waals surface area contributed by atoms with Crippen molar-refractivity contribution < 1.29 is 33.3 Å². The molecule has 11 nitrogen and oxygen atoms in total. The standard InChI is InChI=1S/C18H24N4O7S/c1-9(23)26-7-13-14(27-10(2)24)15(28-11(3)25)16-17(29-13)22-18(30-16)20-5-4-12-6-19-8-21-12/h6,8,13-17H,4-5,7H2,1-3H3,(H,19,21)(H,20,22)/t13-,14-,15+,16-,17+/m1/s1. The number of thioether (sulfide) groups is 1. The van der Waals surface area contributed by atoms with Crippen LogP contribution >= 0.6 is 11.8 Å². The molecule has 2 fully saturated rings. The number of hydrogen-bond donors (Lipinski definition) is 2. The summed E-state index contributed by atoms with van der Waals surface area (Å²) in [6.07, 6.45) is 0.932. The Morgan fingerprint density at radius 2 is 1.90 bits per heavy atom. The maximum absolute atomic E-state index is 11.7. The monoisotopic (exact) mass is 440 g/mol. The maximum atomic E-state index is 11.7. The molecule has 0 saturated carbocycles. The number of aromatic amines is 1. The molecule has 2 saturated heterocycles. The molecule has 0 spiro atoms. The molecule has 3 rings (SSSR count). The van der Waals surface area contributed by atoms with Gasteiger partial charge < -0.3 is 29.2 Å². The van der Waals surface area contributed by atoms with E-state index in [1.54, 1.807) is 12.5 Å². The molecule has 0 radical (unpaired) electrons. The second kappa shape index (κ2) is 9.94. The molecule has 0 aromatic carbocycles. The third-order valence-electron chi connectivity index (χ3n) is 4.39. The first kappa shape index (κ1) is 22.1. The summed E-state index contributed by atoms with van der Waals surface area (Å²) < 4.78 is 22.0. The molecule has 0 amide bonds. The number of rotatable bonds is 7. The van der Waals surface area contributed by atoms with Crippen molar-refractivity contribution in [1.29, 1.82) is 0 Å². The van der Waals surface area contributed by atoms with Gasteiger partial charge in [-0.3, -0.25) is 19.4 Å². The highest BCUT2D eigenvalue weighted by atomic mass is 32.2. The van der Waals surface area contributed by atoms with Crippen LogP contribution in [-0.2, 0) is 39.8 Å². The number of nitrogens with one attached hydrogen (secondary N) is 2. The van der Waals surface area contributed by atoms with E-state index in [0.717, 1.165) is 5.69 Å². The second-order valence-electron chi connectivity index (χ2n) is 6.79. The van der Waals surface area contributed by atoms with Gasteiger partial charge in [0.25, 0.3) is 0 Å². The second-order valence-corrected chi connectivity index (χ2v) is 7.95. The Morgan fingerprint density at radius 1 is 1.17 bits per heavy atom. The Morgan fingerprint density at radius 3 is 2.53 bits per heavy atom. The van der Waals surface area contributed by atoms with Gasteiger partial charge in [0.15, 0.2) is 17.4 Å². The van der Waals surface area contributed by atoms with Crippen LogP contribution in [0.4, 0.5) is 0 Å². The average molecular weight is 440 g/mol. The lowest BCUT2D eigenvalue weighted by atomic mass is 9.99. The number of ether oxygens (including phenoxy) is 4. The molecule has 2 aliphatic heterocycles. The van der Waals surface area contributed by atoms with Crippen molar-refractivity contribution in [3.8, 4) is 0 Å². The predicted molar refractivity (Wildman–Crippen MR) is 106 cm³/mol. The lowest BCUT2D eigenvalue weighted by molar-refractivity contribution is -0.213. The van der Waals surface area contributed by atoms with Crippen molar-refractivity contribution in [2.24, 2.45) is 4.99 Å². The molecular weight excluding hydrogens is 416 g/mol. The van der Waals surface area contributed by atoms with Crippen LogP contribution in [0.2, 0.25) is 0 Å². The molecule has 1 aromatic heterocycles. The van der Waals surface area contributed by atoms with Crippen LogP contribution in [0.25, 0.3) is 0 Å². The van der Waals surface area contributed by atoms with E-state index >= 15 is 0 Å². The van der Waals surface area contributed by atoms with E-state index in [1.165, 1.54) is 32.5 Å².